The van der Waals surface area contributed by atoms with Crippen LogP contribution < -0.4 is 4.57 Å². The van der Waals surface area contributed by atoms with Crippen molar-refractivity contribution in [3.8, 4) is 0 Å². The molecule has 0 N–H and O–H groups in total. The molecule has 0 aliphatic rings. The highest BCUT2D eigenvalue weighted by atomic mass is 35.5. The first-order chi connectivity index (χ1) is 3.30. The number of halogens is 1. The van der Waals surface area contributed by atoms with Crippen molar-refractivity contribution in [1.29, 1.82) is 0 Å². The van der Waals surface area contributed by atoms with Crippen LogP contribution >= 0.6 is 22.9 Å². The van der Waals surface area contributed by atoms with Crippen molar-refractivity contribution in [2.75, 3.05) is 0 Å². The fourth-order valence-corrected chi connectivity index (χ4v) is 1.11. The molecule has 1 rings (SSSR count). The first-order valence-electron chi connectivity index (χ1n) is 1.89. The van der Waals surface area contributed by atoms with Gasteiger partial charge in [0.1, 0.15) is 7.05 Å². The van der Waals surface area contributed by atoms with Gasteiger partial charge < -0.3 is 0 Å². The van der Waals surface area contributed by atoms with Gasteiger partial charge in [-0.1, -0.05) is 11.3 Å². The Morgan fingerprint density at radius 1 is 1.86 bits per heavy atom. The lowest BCUT2D eigenvalue weighted by Gasteiger charge is -1.71. The lowest BCUT2D eigenvalue weighted by atomic mass is 10.9. The maximum absolute atomic E-state index is 5.61. The molecule has 0 saturated heterocycles. The lowest BCUT2D eigenvalue weighted by molar-refractivity contribution is -0.664. The van der Waals surface area contributed by atoms with Gasteiger partial charge in [0.2, 0.25) is 0 Å². The van der Waals surface area contributed by atoms with E-state index >= 15 is 0 Å². The van der Waals surface area contributed by atoms with Gasteiger partial charge in [0, 0.05) is 11.6 Å². The zero-order valence-corrected chi connectivity index (χ0v) is 5.46. The molecular weight excluding hydrogens is 130 g/mol. The largest absolute Gasteiger partial charge is 0.332 e. The van der Waals surface area contributed by atoms with Gasteiger partial charge in [-0.25, -0.2) is 0 Å². The summed E-state index contributed by atoms with van der Waals surface area (Å²) in [5.41, 5.74) is 0. The van der Waals surface area contributed by atoms with Crippen LogP contribution in [0.15, 0.2) is 11.6 Å². The Bertz CT molecular complexity index is 144. The Kier molecular flexibility index (Phi) is 1.30. The summed E-state index contributed by atoms with van der Waals surface area (Å²) in [7, 11) is 1.92. The van der Waals surface area contributed by atoms with Crippen LogP contribution in [0.5, 0.6) is 0 Å². The highest BCUT2D eigenvalue weighted by molar-refractivity contribution is 7.13. The summed E-state index contributed by atoms with van der Waals surface area (Å²) < 4.78 is 2.69. The van der Waals surface area contributed by atoms with Crippen LogP contribution in [0.1, 0.15) is 0 Å². The van der Waals surface area contributed by atoms with Gasteiger partial charge >= 0.3 is 4.47 Å². The third-order valence-corrected chi connectivity index (χ3v) is 2.00. The predicted octanol–water partition coefficient (Wildman–Crippen LogP) is 1.23. The highest BCUT2D eigenvalue weighted by Gasteiger charge is 1.99. The molecule has 0 atom stereocenters. The van der Waals surface area contributed by atoms with Gasteiger partial charge in [0.25, 0.3) is 0 Å². The molecule has 1 nitrogen and oxygen atoms in total. The number of hydrogen-bond acceptors (Lipinski definition) is 1. The highest BCUT2D eigenvalue weighted by Crippen LogP contribution is 2.06. The van der Waals surface area contributed by atoms with Crippen molar-refractivity contribution >= 4 is 22.9 Å². The molecule has 38 valence electrons. The van der Waals surface area contributed by atoms with E-state index in [9.17, 15) is 0 Å². The Balaban J connectivity index is 3.12. The Morgan fingerprint density at radius 3 is 2.71 bits per heavy atom. The predicted molar refractivity (Wildman–Crippen MR) is 30.5 cm³/mol. The van der Waals surface area contributed by atoms with E-state index in [0.29, 0.717) is 0 Å². The normalized spacial score (nSPS) is 9.43. The molecule has 1 aromatic rings. The van der Waals surface area contributed by atoms with E-state index in [0.717, 1.165) is 4.47 Å². The van der Waals surface area contributed by atoms with E-state index in [1.165, 1.54) is 11.3 Å². The summed E-state index contributed by atoms with van der Waals surface area (Å²) in [6.07, 6.45) is 1.92. The first-order valence-corrected chi connectivity index (χ1v) is 3.15. The van der Waals surface area contributed by atoms with Gasteiger partial charge in [-0.05, 0) is 0 Å². The molecule has 0 aliphatic carbocycles. The zero-order valence-electron chi connectivity index (χ0n) is 3.89. The van der Waals surface area contributed by atoms with E-state index in [2.05, 4.69) is 0 Å². The van der Waals surface area contributed by atoms with Crippen molar-refractivity contribution in [3.63, 3.8) is 0 Å². The number of hydrogen-bond donors (Lipinski definition) is 0. The molecule has 3 heteroatoms. The fourth-order valence-electron chi connectivity index (χ4n) is 0.320. The minimum Gasteiger partial charge on any atom is -0.181 e. The SMILES string of the molecule is C[n+]1ccsc1Cl. The summed E-state index contributed by atoms with van der Waals surface area (Å²) in [5, 5.41) is 1.95. The average molecular weight is 135 g/mol. The quantitative estimate of drug-likeness (QED) is 0.470. The Hall–Kier alpha value is -0.0800. The third kappa shape index (κ3) is 0.924. The van der Waals surface area contributed by atoms with Gasteiger partial charge in [-0.3, -0.25) is 0 Å². The van der Waals surface area contributed by atoms with Crippen molar-refractivity contribution < 1.29 is 4.57 Å². The zero-order chi connectivity index (χ0) is 5.28. The van der Waals surface area contributed by atoms with Gasteiger partial charge in [0.05, 0.1) is 5.38 Å². The summed E-state index contributed by atoms with van der Waals surface area (Å²) in [4.78, 5) is 0. The topological polar surface area (TPSA) is 3.88 Å². The molecule has 7 heavy (non-hydrogen) atoms. The smallest absolute Gasteiger partial charge is 0.181 e. The van der Waals surface area contributed by atoms with Crippen molar-refractivity contribution in [2.45, 2.75) is 0 Å². The van der Waals surface area contributed by atoms with Crippen molar-refractivity contribution in [2.24, 2.45) is 7.05 Å². The van der Waals surface area contributed by atoms with Crippen LogP contribution in [-0.4, -0.2) is 0 Å². The third-order valence-electron chi connectivity index (χ3n) is 0.727. The second kappa shape index (κ2) is 1.80. The van der Waals surface area contributed by atoms with Crippen LogP contribution in [-0.2, 0) is 7.05 Å². The molecular formula is C4H5ClNS+. The first kappa shape index (κ1) is 5.06. The molecule has 0 unspecified atom stereocenters. The summed E-state index contributed by atoms with van der Waals surface area (Å²) in [5.74, 6) is 0. The summed E-state index contributed by atoms with van der Waals surface area (Å²) in [6.45, 7) is 0. The summed E-state index contributed by atoms with van der Waals surface area (Å²) in [6, 6.07) is 0. The molecule has 0 aromatic carbocycles. The van der Waals surface area contributed by atoms with Crippen LogP contribution in [0, 0.1) is 0 Å². The molecule has 0 bridgehead atoms. The maximum Gasteiger partial charge on any atom is 0.332 e. The van der Waals surface area contributed by atoms with Gasteiger partial charge in [0.15, 0.2) is 6.20 Å². The van der Waals surface area contributed by atoms with Crippen LogP contribution in [0.4, 0.5) is 0 Å². The molecule has 0 spiro atoms. The Labute approximate surface area is 51.2 Å². The number of aromatic nitrogens is 1. The number of aryl methyl sites for hydroxylation is 1. The molecule has 1 aromatic heterocycles. The number of rotatable bonds is 0. The second-order valence-electron chi connectivity index (χ2n) is 1.27. The van der Waals surface area contributed by atoms with Crippen LogP contribution in [0.25, 0.3) is 0 Å². The lowest BCUT2D eigenvalue weighted by Crippen LogP contribution is -2.24. The van der Waals surface area contributed by atoms with E-state index in [1.807, 2.05) is 23.2 Å². The molecule has 0 radical (unpaired) electrons. The Morgan fingerprint density at radius 2 is 2.57 bits per heavy atom. The van der Waals surface area contributed by atoms with Gasteiger partial charge in [-0.15, -0.1) is 0 Å². The molecule has 0 amide bonds. The van der Waals surface area contributed by atoms with Gasteiger partial charge in [-0.2, -0.15) is 4.57 Å². The number of thiazole rings is 1. The average Bonchev–Trinajstić information content (AvgIpc) is 1.91. The summed E-state index contributed by atoms with van der Waals surface area (Å²) >= 11 is 7.14. The monoisotopic (exact) mass is 134 g/mol. The van der Waals surface area contributed by atoms with Crippen LogP contribution in [0.2, 0.25) is 4.47 Å². The molecule has 1 heterocycles. The maximum atomic E-state index is 5.61. The number of nitrogens with zero attached hydrogens (tertiary/aromatic N) is 1. The van der Waals surface area contributed by atoms with Crippen molar-refractivity contribution in [1.82, 2.24) is 0 Å². The second-order valence-corrected chi connectivity index (χ2v) is 2.74. The van der Waals surface area contributed by atoms with Crippen molar-refractivity contribution in [3.05, 3.63) is 16.0 Å². The standard InChI is InChI=1S/C4H5ClNS/c1-6-2-3-7-4(6)5/h2-3H,1H3/q+1. The molecule has 0 fully saturated rings. The molecule has 0 saturated carbocycles. The van der Waals surface area contributed by atoms with E-state index in [-0.39, 0.29) is 0 Å². The molecule has 0 aliphatic heterocycles. The fraction of sp³-hybridized carbons (Fsp3) is 0.250. The van der Waals surface area contributed by atoms with Crippen LogP contribution in [0.3, 0.4) is 0 Å². The minimum atomic E-state index is 0.819. The van der Waals surface area contributed by atoms with E-state index < -0.39 is 0 Å². The minimum absolute atomic E-state index is 0.819. The van der Waals surface area contributed by atoms with E-state index in [1.54, 1.807) is 0 Å². The van der Waals surface area contributed by atoms with E-state index in [4.69, 9.17) is 11.6 Å².